The number of benzene rings is 1. The summed E-state index contributed by atoms with van der Waals surface area (Å²) >= 11 is 9.54. The van der Waals surface area contributed by atoms with Gasteiger partial charge in [-0.25, -0.2) is 23.1 Å². The Labute approximate surface area is 182 Å². The minimum absolute atomic E-state index is 0.0474. The molecule has 0 amide bonds. The number of sulfonamides is 1. The zero-order valence-corrected chi connectivity index (χ0v) is 22.4. The smallest absolute Gasteiger partial charge is 0.264 e. The Morgan fingerprint density at radius 3 is 1.95 bits per heavy atom. The van der Waals surface area contributed by atoms with Crippen molar-refractivity contribution in [2.24, 2.45) is 0 Å². The van der Waals surface area contributed by atoms with Gasteiger partial charge in [-0.3, -0.25) is 0 Å². The molecule has 1 heterocycles. The van der Waals surface area contributed by atoms with Crippen molar-refractivity contribution in [3.63, 3.8) is 0 Å². The number of anilines is 1. The molecule has 12 heteroatoms. The third-order valence-corrected chi connectivity index (χ3v) is 3.37. The summed E-state index contributed by atoms with van der Waals surface area (Å²) in [7, 11) is -3.63. The standard InChI is InChI=1S/C10H10N4O2S.I3.I2/c11-8-2-4-9(5-3-8)17(15,16)14-10-12-6-1-7-13-10;1-3-2;1-2/h1-7H,11H2,(H,12,13,14);;/q;-1;/p+1. The summed E-state index contributed by atoms with van der Waals surface area (Å²) in [6, 6.07) is 7.82. The predicted molar refractivity (Wildman–Crippen MR) is 118 cm³/mol. The molecule has 0 aliphatic heterocycles. The Balaban J connectivity index is 0.000000789. The molecule has 124 valence electrons. The first-order valence-corrected chi connectivity index (χ1v) is 25.6. The number of halogens is 5. The fraction of sp³-hybridized carbons (Fsp3) is 0. The van der Waals surface area contributed by atoms with E-state index in [2.05, 4.69) is 94.9 Å². The molecule has 0 fully saturated rings. The topological polar surface area (TPSA) is 99.6 Å². The number of quaternary nitrogens is 1. The number of rotatable bonds is 3. The number of hydrogen-bond acceptors (Lipinski definition) is 4. The zero-order chi connectivity index (χ0) is 17.0. The molecule has 0 aliphatic rings. The van der Waals surface area contributed by atoms with Crippen LogP contribution in [0.2, 0.25) is 0 Å². The normalized spacial score (nSPS) is 9.86. The Morgan fingerprint density at radius 2 is 1.50 bits per heavy atom. The van der Waals surface area contributed by atoms with Crippen molar-refractivity contribution in [3.8, 4) is 0 Å². The second-order valence-electron chi connectivity index (χ2n) is 3.38. The quantitative estimate of drug-likeness (QED) is 0.444. The van der Waals surface area contributed by atoms with Crippen LogP contribution in [0.3, 0.4) is 0 Å². The number of hydrogen-bond donors (Lipinski definition) is 2. The third-order valence-electron chi connectivity index (χ3n) is 2.03. The van der Waals surface area contributed by atoms with E-state index in [1.807, 2.05) is 0 Å². The minimum atomic E-state index is -3.63. The Kier molecular flexibility index (Phi) is 14.9. The fourth-order valence-corrected chi connectivity index (χ4v) is 2.16. The van der Waals surface area contributed by atoms with Crippen molar-refractivity contribution >= 4 is 96.1 Å². The monoisotopic (exact) mass is 886 g/mol. The zero-order valence-electron chi connectivity index (χ0n) is 10.8. The molecule has 1 aromatic carbocycles. The number of nitrogens with one attached hydrogen (secondary N) is 1. The van der Waals surface area contributed by atoms with Gasteiger partial charge in [0.25, 0.3) is 10.0 Å². The summed E-state index contributed by atoms with van der Waals surface area (Å²) in [5.74, 6) is 0.0474. The fourth-order valence-electron chi connectivity index (χ4n) is 1.20. The van der Waals surface area contributed by atoms with Crippen LogP contribution in [0.15, 0.2) is 47.6 Å². The number of nitrogens with zero attached hydrogens (tertiary/aromatic N) is 2. The maximum atomic E-state index is 11.9. The van der Waals surface area contributed by atoms with Crippen LogP contribution >= 0.6 is 74.5 Å². The van der Waals surface area contributed by atoms with E-state index in [-0.39, 0.29) is 10.8 Å². The molecular weight excluding hydrogens is 875 g/mol. The van der Waals surface area contributed by atoms with Crippen molar-refractivity contribution in [2.45, 2.75) is 4.90 Å². The van der Waals surface area contributed by atoms with E-state index in [0.717, 1.165) is 5.69 Å². The molecule has 22 heavy (non-hydrogen) atoms. The Morgan fingerprint density at radius 1 is 1.05 bits per heavy atom. The first-order valence-electron chi connectivity index (χ1n) is 5.23. The van der Waals surface area contributed by atoms with Gasteiger partial charge in [-0.1, -0.05) is 0 Å². The molecule has 2 rings (SSSR count). The van der Waals surface area contributed by atoms with Crippen LogP contribution in [0, 0.1) is 0 Å². The molecule has 0 bridgehead atoms. The summed E-state index contributed by atoms with van der Waals surface area (Å²) in [6.45, 7) is 0. The van der Waals surface area contributed by atoms with Crippen molar-refractivity contribution < 1.29 is 27.4 Å². The summed E-state index contributed by atoms with van der Waals surface area (Å²) in [5, 5.41) is 0. The SMILES string of the molecule is II.I[I-]I.[NH3+]c1ccc(S(=O)(=O)Nc2ncccn2)cc1. The molecule has 0 atom stereocenters. The van der Waals surface area contributed by atoms with E-state index in [1.54, 1.807) is 18.2 Å². The van der Waals surface area contributed by atoms with Crippen LogP contribution in [-0.4, -0.2) is 18.4 Å². The molecule has 4 N–H and O–H groups in total. The maximum Gasteiger partial charge on any atom is 0.264 e. The van der Waals surface area contributed by atoms with Crippen LogP contribution in [-0.2, 0) is 10.0 Å². The van der Waals surface area contributed by atoms with Gasteiger partial charge in [-0.15, -0.1) is 0 Å². The Hall–Kier alpha value is 1.66. The molecule has 2 aromatic rings. The van der Waals surface area contributed by atoms with Gasteiger partial charge in [-0.2, -0.15) is 0 Å². The maximum absolute atomic E-state index is 11.9. The van der Waals surface area contributed by atoms with Gasteiger partial charge in [0, 0.05) is 61.8 Å². The van der Waals surface area contributed by atoms with Gasteiger partial charge in [0.1, 0.15) is 5.69 Å². The predicted octanol–water partition coefficient (Wildman–Crippen LogP) is 0.698. The Bertz CT molecular complexity index is 628. The summed E-state index contributed by atoms with van der Waals surface area (Å²) in [6.07, 6.45) is 2.92. The van der Waals surface area contributed by atoms with Gasteiger partial charge in [0.05, 0.1) is 4.90 Å². The van der Waals surface area contributed by atoms with Crippen molar-refractivity contribution in [1.29, 1.82) is 0 Å². The van der Waals surface area contributed by atoms with Crippen molar-refractivity contribution in [1.82, 2.24) is 9.97 Å². The molecule has 0 saturated heterocycles. The van der Waals surface area contributed by atoms with E-state index in [9.17, 15) is 8.42 Å². The van der Waals surface area contributed by atoms with Crippen LogP contribution in [0.1, 0.15) is 0 Å². The first kappa shape index (κ1) is 23.7. The van der Waals surface area contributed by atoms with E-state index < -0.39 is 10.0 Å². The van der Waals surface area contributed by atoms with Gasteiger partial charge in [-0.05, 0) is 18.2 Å². The molecule has 0 spiro atoms. The summed E-state index contributed by atoms with van der Waals surface area (Å²) in [4.78, 5) is 7.74. The first-order chi connectivity index (χ1) is 10.5. The van der Waals surface area contributed by atoms with E-state index >= 15 is 0 Å². The molecular formula is C10H11I5N4O2S. The summed E-state index contributed by atoms with van der Waals surface area (Å²) in [5.41, 5.74) is 4.44. The molecule has 1 aromatic heterocycles. The third kappa shape index (κ3) is 9.84. The second kappa shape index (κ2) is 13.9. The van der Waals surface area contributed by atoms with Crippen LogP contribution in [0.25, 0.3) is 0 Å². The molecule has 0 radical (unpaired) electrons. The van der Waals surface area contributed by atoms with E-state index in [1.165, 1.54) is 24.5 Å². The van der Waals surface area contributed by atoms with Crippen molar-refractivity contribution in [2.75, 3.05) is 4.72 Å². The van der Waals surface area contributed by atoms with Crippen molar-refractivity contribution in [3.05, 3.63) is 42.7 Å². The largest absolute Gasteiger partial charge is 0.325 e. The molecule has 0 aliphatic carbocycles. The van der Waals surface area contributed by atoms with E-state index in [4.69, 9.17) is 0 Å². The molecule has 6 nitrogen and oxygen atoms in total. The van der Waals surface area contributed by atoms with Crippen LogP contribution in [0.4, 0.5) is 11.6 Å². The van der Waals surface area contributed by atoms with Crippen LogP contribution < -0.4 is 23.7 Å². The van der Waals surface area contributed by atoms with Gasteiger partial charge >= 0.3 is 50.5 Å². The summed E-state index contributed by atoms with van der Waals surface area (Å²) < 4.78 is 26.1. The average molecular weight is 886 g/mol. The van der Waals surface area contributed by atoms with Gasteiger partial charge < -0.3 is 5.73 Å². The van der Waals surface area contributed by atoms with Gasteiger partial charge in [0.2, 0.25) is 5.95 Å². The number of aromatic nitrogens is 2. The minimum Gasteiger partial charge on any atom is -0.325 e. The molecule has 0 unspecified atom stereocenters. The second-order valence-corrected chi connectivity index (χ2v) is 21.3. The molecule has 0 saturated carbocycles. The average Bonchev–Trinajstić information content (AvgIpc) is 2.51. The van der Waals surface area contributed by atoms with Crippen LogP contribution in [0.5, 0.6) is 0 Å². The van der Waals surface area contributed by atoms with E-state index in [0.29, 0.717) is 13.3 Å². The van der Waals surface area contributed by atoms with Gasteiger partial charge in [0.15, 0.2) is 0 Å².